The number of rotatable bonds is 3. The minimum atomic E-state index is -0.559. The quantitative estimate of drug-likeness (QED) is 0.641. The first-order chi connectivity index (χ1) is 10.3. The molecule has 0 bridgehead atoms. The van der Waals surface area contributed by atoms with E-state index in [1.807, 2.05) is 42.5 Å². The molecule has 0 saturated carbocycles. The molecule has 1 aromatic heterocycles. The molecule has 0 saturated heterocycles. The third kappa shape index (κ3) is 3.26. The Bertz CT molecular complexity index is 789. The van der Waals surface area contributed by atoms with Crippen LogP contribution in [0.2, 0.25) is 0 Å². The van der Waals surface area contributed by atoms with Crippen molar-refractivity contribution in [2.45, 2.75) is 0 Å². The van der Waals surface area contributed by atoms with Crippen LogP contribution in [0.5, 0.6) is 5.75 Å². The molecule has 2 nitrogen and oxygen atoms in total. The topological polar surface area (TPSA) is 26.3 Å². The second kappa shape index (κ2) is 6.30. The van der Waals surface area contributed by atoms with E-state index in [9.17, 15) is 4.79 Å². The number of hydrogen-bond donors (Lipinski definition) is 0. The van der Waals surface area contributed by atoms with E-state index >= 15 is 0 Å². The summed E-state index contributed by atoms with van der Waals surface area (Å²) < 4.78 is 7.55. The summed E-state index contributed by atoms with van der Waals surface area (Å²) in [5.74, 6) is 0.834. The van der Waals surface area contributed by atoms with Crippen LogP contribution in [-0.4, -0.2) is 27.5 Å². The van der Waals surface area contributed by atoms with Gasteiger partial charge in [-0.15, -0.1) is 0 Å². The zero-order chi connectivity index (χ0) is 14.7. The molecule has 3 rings (SSSR count). The van der Waals surface area contributed by atoms with Crippen LogP contribution in [-0.2, 0) is 0 Å². The molecule has 0 spiro atoms. The third-order valence-electron chi connectivity index (χ3n) is 3.20. The van der Waals surface area contributed by atoms with Crippen LogP contribution < -0.4 is 10.2 Å². The van der Waals surface area contributed by atoms with Gasteiger partial charge in [0.15, 0.2) is 0 Å². The molecule has 0 aliphatic carbocycles. The van der Waals surface area contributed by atoms with Crippen molar-refractivity contribution in [3.63, 3.8) is 0 Å². The second-order valence-corrected chi connectivity index (χ2v) is 7.71. The molecule has 0 radical (unpaired) electrons. The molecule has 1 heterocycles. The summed E-state index contributed by atoms with van der Waals surface area (Å²) >= 11 is -0.559. The summed E-state index contributed by atoms with van der Waals surface area (Å²) in [6, 6.07) is 21.6. The first-order valence-corrected chi connectivity index (χ1v) is 8.94. The number of benzene rings is 2. The average molecular weight is 390 g/mol. The molecule has 21 heavy (non-hydrogen) atoms. The molecule has 0 aliphatic heterocycles. The van der Waals surface area contributed by atoms with Crippen LogP contribution in [0.1, 0.15) is 0 Å². The molecular weight excluding hydrogens is 376 g/mol. The molecule has 0 atom stereocenters. The normalized spacial score (nSPS) is 10.3. The van der Waals surface area contributed by atoms with Gasteiger partial charge in [-0.3, -0.25) is 0 Å². The van der Waals surface area contributed by atoms with Crippen molar-refractivity contribution >= 4 is 20.4 Å². The van der Waals surface area contributed by atoms with Crippen molar-refractivity contribution in [3.8, 4) is 24.0 Å². The molecule has 0 N–H and O–H groups in total. The average Bonchev–Trinajstić information content (AvgIpc) is 2.55. The van der Waals surface area contributed by atoms with Gasteiger partial charge >= 0.3 is 133 Å². The van der Waals surface area contributed by atoms with Gasteiger partial charge in [0.05, 0.1) is 0 Å². The molecule has 2 aromatic carbocycles. The van der Waals surface area contributed by atoms with Gasteiger partial charge in [-0.2, -0.15) is 0 Å². The van der Waals surface area contributed by atoms with Gasteiger partial charge in [0.25, 0.3) is 0 Å². The van der Waals surface area contributed by atoms with Crippen molar-refractivity contribution in [1.82, 2.24) is 0 Å². The van der Waals surface area contributed by atoms with Gasteiger partial charge in [0, 0.05) is 0 Å². The van der Waals surface area contributed by atoms with E-state index in [2.05, 4.69) is 12.1 Å². The van der Waals surface area contributed by atoms with Crippen molar-refractivity contribution in [2.24, 2.45) is 0 Å². The van der Waals surface area contributed by atoms with Gasteiger partial charge in [-0.05, 0) is 0 Å². The minimum absolute atomic E-state index is 0.0796. The molecule has 0 aliphatic rings. The van der Waals surface area contributed by atoms with Crippen LogP contribution >= 0.6 is 0 Å². The van der Waals surface area contributed by atoms with Crippen molar-refractivity contribution in [2.75, 3.05) is 7.11 Å². The fourth-order valence-corrected chi connectivity index (χ4v) is 5.24. The van der Waals surface area contributed by atoms with Gasteiger partial charge < -0.3 is 0 Å². The Morgan fingerprint density at radius 3 is 1.95 bits per heavy atom. The van der Waals surface area contributed by atoms with Gasteiger partial charge in [0.2, 0.25) is 0 Å². The molecule has 3 heteroatoms. The molecular formula is C18H14O2Te. The van der Waals surface area contributed by atoms with Crippen molar-refractivity contribution < 1.29 is 4.74 Å². The summed E-state index contributed by atoms with van der Waals surface area (Å²) in [4.78, 5) is 12.0. The Labute approximate surface area is 133 Å². The van der Waals surface area contributed by atoms with E-state index in [1.54, 1.807) is 19.2 Å². The maximum absolute atomic E-state index is 12.0. The fraction of sp³-hybridized carbons (Fsp3) is 0.0556. The van der Waals surface area contributed by atoms with Gasteiger partial charge in [-0.25, -0.2) is 0 Å². The summed E-state index contributed by atoms with van der Waals surface area (Å²) in [5, 5.41) is 0. The van der Waals surface area contributed by atoms with Crippen LogP contribution in [0.3, 0.4) is 0 Å². The summed E-state index contributed by atoms with van der Waals surface area (Å²) in [5.41, 5.74) is 2.36. The maximum atomic E-state index is 12.0. The molecule has 0 amide bonds. The first kappa shape index (κ1) is 14.1. The van der Waals surface area contributed by atoms with E-state index in [-0.39, 0.29) is 5.43 Å². The molecule has 0 unspecified atom stereocenters. The van der Waals surface area contributed by atoms with Gasteiger partial charge in [0.1, 0.15) is 0 Å². The Hall–Kier alpha value is -1.82. The predicted octanol–water partition coefficient (Wildman–Crippen LogP) is 3.45. The Kier molecular flexibility index (Phi) is 4.24. The van der Waals surface area contributed by atoms with E-state index in [0.29, 0.717) is 0 Å². The van der Waals surface area contributed by atoms with E-state index in [0.717, 1.165) is 16.9 Å². The fourth-order valence-electron chi connectivity index (χ4n) is 2.12. The third-order valence-corrected chi connectivity index (χ3v) is 6.47. The number of ether oxygens (including phenoxy) is 1. The summed E-state index contributed by atoms with van der Waals surface area (Å²) in [6.45, 7) is 0. The molecule has 104 valence electrons. The molecule has 3 aromatic rings. The number of hydrogen-bond acceptors (Lipinski definition) is 2. The van der Waals surface area contributed by atoms with Crippen molar-refractivity contribution in [3.05, 3.63) is 77.0 Å². The van der Waals surface area contributed by atoms with E-state index in [1.165, 1.54) is 7.16 Å². The zero-order valence-corrected chi connectivity index (χ0v) is 13.9. The van der Waals surface area contributed by atoms with Crippen molar-refractivity contribution in [1.29, 1.82) is 0 Å². The van der Waals surface area contributed by atoms with Crippen LogP contribution in [0, 0.1) is 0 Å². The second-order valence-electron chi connectivity index (χ2n) is 4.62. The summed E-state index contributed by atoms with van der Waals surface area (Å²) in [7, 11) is 1.66. The summed E-state index contributed by atoms with van der Waals surface area (Å²) in [6.07, 6.45) is 0. The molecule has 0 fully saturated rings. The van der Waals surface area contributed by atoms with E-state index < -0.39 is 20.4 Å². The predicted molar refractivity (Wildman–Crippen MR) is 87.1 cm³/mol. The zero-order valence-electron chi connectivity index (χ0n) is 11.6. The van der Waals surface area contributed by atoms with Gasteiger partial charge in [-0.1, -0.05) is 0 Å². The monoisotopic (exact) mass is 392 g/mol. The SMILES string of the molecule is COc1ccc(-c2cc(=O)cc(-c3ccccc3)[te]2)cc1. The Morgan fingerprint density at radius 1 is 0.810 bits per heavy atom. The van der Waals surface area contributed by atoms with Crippen LogP contribution in [0.25, 0.3) is 18.3 Å². The van der Waals surface area contributed by atoms with Crippen LogP contribution in [0.15, 0.2) is 71.5 Å². The van der Waals surface area contributed by atoms with Crippen LogP contribution in [0.4, 0.5) is 0 Å². The standard InChI is InChI=1S/C18H14O2Te/c1-20-16-9-7-14(8-10-16)18-12-15(19)11-17(21-18)13-5-3-2-4-6-13/h2-12H,1H3. The number of methoxy groups -OCH3 is 1. The Morgan fingerprint density at radius 2 is 1.38 bits per heavy atom. The van der Waals surface area contributed by atoms with E-state index in [4.69, 9.17) is 4.74 Å². The first-order valence-electron chi connectivity index (χ1n) is 6.61. The Balaban J connectivity index is 2.07.